The zero-order valence-electron chi connectivity index (χ0n) is 11.6. The predicted octanol–water partition coefficient (Wildman–Crippen LogP) is 5.16. The molecule has 21 heavy (non-hydrogen) atoms. The topological polar surface area (TPSA) is 29.1 Å². The average molecular weight is 340 g/mol. The zero-order chi connectivity index (χ0) is 14.8. The van der Waals surface area contributed by atoms with E-state index in [-0.39, 0.29) is 5.91 Å². The molecule has 1 amide bonds. The Bertz CT molecular complexity index is 826. The number of fused-ring (bicyclic) bond motifs is 1. The molecule has 0 unspecified atom stereocenters. The van der Waals surface area contributed by atoms with Gasteiger partial charge in [0.2, 0.25) is 0 Å². The summed E-state index contributed by atoms with van der Waals surface area (Å²) in [7, 11) is 0. The highest BCUT2D eigenvalue weighted by Gasteiger charge is 2.09. The van der Waals surface area contributed by atoms with Gasteiger partial charge in [0.1, 0.15) is 0 Å². The number of hydrogen-bond donors (Lipinski definition) is 1. The van der Waals surface area contributed by atoms with Crippen LogP contribution in [0.2, 0.25) is 0 Å². The van der Waals surface area contributed by atoms with Crippen molar-refractivity contribution >= 4 is 38.3 Å². The van der Waals surface area contributed by atoms with E-state index >= 15 is 0 Å². The van der Waals surface area contributed by atoms with Gasteiger partial charge in [-0.25, -0.2) is 0 Å². The molecule has 3 aromatic rings. The second kappa shape index (κ2) is 5.70. The number of benzene rings is 3. The number of carbonyl (C=O) groups is 1. The fraction of sp³-hybridized carbons (Fsp3) is 0.0556. The molecular formula is C18H14BrNO. The van der Waals surface area contributed by atoms with Crippen LogP contribution in [-0.2, 0) is 0 Å². The first-order valence-corrected chi connectivity index (χ1v) is 7.50. The minimum atomic E-state index is -0.0915. The molecule has 0 bridgehead atoms. The fourth-order valence-corrected chi connectivity index (χ4v) is 2.83. The average Bonchev–Trinajstić information content (AvgIpc) is 2.50. The third kappa shape index (κ3) is 2.83. The van der Waals surface area contributed by atoms with Gasteiger partial charge < -0.3 is 5.32 Å². The standard InChI is InChI=1S/C18H14BrNO/c1-12-5-4-6-13(11-12)18(21)20-17-10-9-16(19)14-7-2-3-8-15(14)17/h2-11H,1H3,(H,20,21). The lowest BCUT2D eigenvalue weighted by Crippen LogP contribution is -2.12. The van der Waals surface area contributed by atoms with Gasteiger partial charge in [-0.2, -0.15) is 0 Å². The second-order valence-corrected chi connectivity index (χ2v) is 5.82. The van der Waals surface area contributed by atoms with Crippen molar-refractivity contribution < 1.29 is 4.79 Å². The Kier molecular flexibility index (Phi) is 3.76. The van der Waals surface area contributed by atoms with Crippen LogP contribution in [0.3, 0.4) is 0 Å². The molecule has 0 aliphatic heterocycles. The molecule has 3 rings (SSSR count). The van der Waals surface area contributed by atoms with Gasteiger partial charge in [-0.15, -0.1) is 0 Å². The van der Waals surface area contributed by atoms with Crippen LogP contribution in [0, 0.1) is 6.92 Å². The van der Waals surface area contributed by atoms with Gasteiger partial charge >= 0.3 is 0 Å². The number of carbonyl (C=O) groups excluding carboxylic acids is 1. The number of amides is 1. The summed E-state index contributed by atoms with van der Waals surface area (Å²) in [5, 5.41) is 5.10. The maximum absolute atomic E-state index is 12.4. The third-order valence-corrected chi connectivity index (χ3v) is 4.09. The number of anilines is 1. The van der Waals surface area contributed by atoms with Gasteiger partial charge in [-0.3, -0.25) is 4.79 Å². The Labute approximate surface area is 131 Å². The molecule has 0 atom stereocenters. The zero-order valence-corrected chi connectivity index (χ0v) is 13.1. The highest BCUT2D eigenvalue weighted by atomic mass is 79.9. The molecule has 0 aliphatic carbocycles. The van der Waals surface area contributed by atoms with Crippen molar-refractivity contribution in [2.45, 2.75) is 6.92 Å². The van der Waals surface area contributed by atoms with Crippen LogP contribution in [0.5, 0.6) is 0 Å². The molecule has 0 heterocycles. The second-order valence-electron chi connectivity index (χ2n) is 4.96. The lowest BCUT2D eigenvalue weighted by atomic mass is 10.1. The molecule has 0 aliphatic rings. The van der Waals surface area contributed by atoms with E-state index in [1.807, 2.05) is 67.6 Å². The summed E-state index contributed by atoms with van der Waals surface area (Å²) in [5.41, 5.74) is 2.56. The molecule has 0 aromatic heterocycles. The van der Waals surface area contributed by atoms with Crippen LogP contribution >= 0.6 is 15.9 Å². The van der Waals surface area contributed by atoms with Crippen molar-refractivity contribution in [3.8, 4) is 0 Å². The highest BCUT2D eigenvalue weighted by Crippen LogP contribution is 2.30. The largest absolute Gasteiger partial charge is 0.321 e. The van der Waals surface area contributed by atoms with Crippen LogP contribution in [0.25, 0.3) is 10.8 Å². The normalized spacial score (nSPS) is 10.6. The maximum Gasteiger partial charge on any atom is 0.255 e. The van der Waals surface area contributed by atoms with Gasteiger partial charge in [0.25, 0.3) is 5.91 Å². The Morgan fingerprint density at radius 2 is 1.71 bits per heavy atom. The molecule has 2 nitrogen and oxygen atoms in total. The first-order valence-electron chi connectivity index (χ1n) is 6.70. The lowest BCUT2D eigenvalue weighted by molar-refractivity contribution is 0.102. The van der Waals surface area contributed by atoms with E-state index < -0.39 is 0 Å². The molecule has 104 valence electrons. The van der Waals surface area contributed by atoms with Crippen molar-refractivity contribution in [1.82, 2.24) is 0 Å². The molecule has 3 heteroatoms. The number of rotatable bonds is 2. The summed E-state index contributed by atoms with van der Waals surface area (Å²) in [6.07, 6.45) is 0. The van der Waals surface area contributed by atoms with Gasteiger partial charge in [-0.05, 0) is 36.6 Å². The Hall–Kier alpha value is -2.13. The van der Waals surface area contributed by atoms with E-state index in [9.17, 15) is 4.79 Å². The van der Waals surface area contributed by atoms with Crippen molar-refractivity contribution in [3.63, 3.8) is 0 Å². The van der Waals surface area contributed by atoms with Crippen molar-refractivity contribution in [2.75, 3.05) is 5.32 Å². The van der Waals surface area contributed by atoms with Crippen LogP contribution in [0.4, 0.5) is 5.69 Å². The van der Waals surface area contributed by atoms with Crippen molar-refractivity contribution in [3.05, 3.63) is 76.3 Å². The van der Waals surface area contributed by atoms with E-state index in [1.165, 1.54) is 0 Å². The minimum Gasteiger partial charge on any atom is -0.321 e. The first-order chi connectivity index (χ1) is 10.1. The van der Waals surface area contributed by atoms with Crippen LogP contribution in [0.15, 0.2) is 65.1 Å². The van der Waals surface area contributed by atoms with Gasteiger partial charge in [-0.1, -0.05) is 57.9 Å². The number of hydrogen-bond acceptors (Lipinski definition) is 1. The summed E-state index contributed by atoms with van der Waals surface area (Å²) >= 11 is 3.54. The lowest BCUT2D eigenvalue weighted by Gasteiger charge is -2.10. The fourth-order valence-electron chi connectivity index (χ4n) is 2.35. The summed E-state index contributed by atoms with van der Waals surface area (Å²) in [6, 6.07) is 19.4. The smallest absolute Gasteiger partial charge is 0.255 e. The monoisotopic (exact) mass is 339 g/mol. The van der Waals surface area contributed by atoms with Crippen LogP contribution in [-0.4, -0.2) is 5.91 Å². The van der Waals surface area contributed by atoms with E-state index in [1.54, 1.807) is 0 Å². The first kappa shape index (κ1) is 13.8. The van der Waals surface area contributed by atoms with Crippen molar-refractivity contribution in [2.24, 2.45) is 0 Å². The van der Waals surface area contributed by atoms with Crippen molar-refractivity contribution in [1.29, 1.82) is 0 Å². The van der Waals surface area contributed by atoms with E-state index in [4.69, 9.17) is 0 Å². The van der Waals surface area contributed by atoms with Gasteiger partial charge in [0.15, 0.2) is 0 Å². The molecule has 0 saturated heterocycles. The quantitative estimate of drug-likeness (QED) is 0.686. The molecule has 0 radical (unpaired) electrons. The van der Waals surface area contributed by atoms with Crippen LogP contribution < -0.4 is 5.32 Å². The van der Waals surface area contributed by atoms with Gasteiger partial charge in [0, 0.05) is 21.1 Å². The van der Waals surface area contributed by atoms with Crippen LogP contribution in [0.1, 0.15) is 15.9 Å². The predicted molar refractivity (Wildman–Crippen MR) is 90.8 cm³/mol. The van der Waals surface area contributed by atoms with Gasteiger partial charge in [0.05, 0.1) is 0 Å². The Morgan fingerprint density at radius 3 is 2.48 bits per heavy atom. The SMILES string of the molecule is Cc1cccc(C(=O)Nc2ccc(Br)c3ccccc23)c1. The molecular weight excluding hydrogens is 326 g/mol. The molecule has 0 saturated carbocycles. The summed E-state index contributed by atoms with van der Waals surface area (Å²) in [5.74, 6) is -0.0915. The molecule has 0 fully saturated rings. The summed E-state index contributed by atoms with van der Waals surface area (Å²) in [4.78, 5) is 12.4. The maximum atomic E-state index is 12.4. The summed E-state index contributed by atoms with van der Waals surface area (Å²) < 4.78 is 1.02. The van der Waals surface area contributed by atoms with E-state index in [0.717, 1.165) is 26.5 Å². The third-order valence-electron chi connectivity index (χ3n) is 3.40. The van der Waals surface area contributed by atoms with E-state index in [0.29, 0.717) is 5.56 Å². The Morgan fingerprint density at radius 1 is 0.952 bits per heavy atom. The number of aryl methyl sites for hydroxylation is 1. The minimum absolute atomic E-state index is 0.0915. The molecule has 3 aromatic carbocycles. The molecule has 1 N–H and O–H groups in total. The summed E-state index contributed by atoms with van der Waals surface area (Å²) in [6.45, 7) is 1.98. The van der Waals surface area contributed by atoms with E-state index in [2.05, 4.69) is 21.2 Å². The number of nitrogens with one attached hydrogen (secondary N) is 1. The molecule has 0 spiro atoms. The number of halogens is 1. The highest BCUT2D eigenvalue weighted by molar-refractivity contribution is 9.10. The Balaban J connectivity index is 1.99.